The number of aromatic nitrogens is 5. The lowest BCUT2D eigenvalue weighted by Crippen LogP contribution is -2.34. The Hall–Kier alpha value is -1.87. The summed E-state index contributed by atoms with van der Waals surface area (Å²) in [4.78, 5) is 21.1. The van der Waals surface area contributed by atoms with Crippen LogP contribution >= 0.6 is 11.3 Å². The predicted octanol–water partition coefficient (Wildman–Crippen LogP) is 1.25. The van der Waals surface area contributed by atoms with Crippen LogP contribution < -0.4 is 0 Å². The standard InChI is InChI=1S/C15H23N7OS/c1-11-10-24-15(16-11)12(2)20(3)14(23)9-22-13(17-18-19-22)8-21-6-4-5-7-21/h10,12H,4-9H2,1-3H3/t12-/m0/s1. The van der Waals surface area contributed by atoms with E-state index >= 15 is 0 Å². The van der Waals surface area contributed by atoms with Crippen molar-refractivity contribution in [3.8, 4) is 0 Å². The van der Waals surface area contributed by atoms with Crippen LogP contribution in [0.2, 0.25) is 0 Å². The Bertz CT molecular complexity index is 692. The number of hydrogen-bond acceptors (Lipinski definition) is 7. The molecule has 130 valence electrons. The van der Waals surface area contributed by atoms with E-state index in [1.54, 1.807) is 28.0 Å². The van der Waals surface area contributed by atoms with Gasteiger partial charge in [-0.2, -0.15) is 0 Å². The van der Waals surface area contributed by atoms with E-state index in [0.29, 0.717) is 6.54 Å². The summed E-state index contributed by atoms with van der Waals surface area (Å²) >= 11 is 1.58. The molecular formula is C15H23N7OS. The quantitative estimate of drug-likeness (QED) is 0.781. The number of likely N-dealkylation sites (tertiary alicyclic amines) is 1. The van der Waals surface area contributed by atoms with Crippen LogP contribution in [0.5, 0.6) is 0 Å². The molecule has 0 saturated carbocycles. The van der Waals surface area contributed by atoms with E-state index in [4.69, 9.17) is 0 Å². The summed E-state index contributed by atoms with van der Waals surface area (Å²) in [7, 11) is 1.80. The Balaban J connectivity index is 1.63. The molecule has 1 saturated heterocycles. The second-order valence-electron chi connectivity index (χ2n) is 6.24. The van der Waals surface area contributed by atoms with Gasteiger partial charge in [0.05, 0.1) is 12.6 Å². The lowest BCUT2D eigenvalue weighted by Gasteiger charge is -2.23. The van der Waals surface area contributed by atoms with Gasteiger partial charge in [0.25, 0.3) is 0 Å². The molecule has 0 radical (unpaired) electrons. The number of nitrogens with zero attached hydrogens (tertiary/aromatic N) is 7. The van der Waals surface area contributed by atoms with Gasteiger partial charge in [0.1, 0.15) is 11.6 Å². The van der Waals surface area contributed by atoms with Gasteiger partial charge in [-0.1, -0.05) is 0 Å². The van der Waals surface area contributed by atoms with E-state index in [-0.39, 0.29) is 18.5 Å². The molecule has 3 rings (SSSR count). The van der Waals surface area contributed by atoms with E-state index in [2.05, 4.69) is 25.4 Å². The molecule has 0 unspecified atom stereocenters. The third-order valence-electron chi connectivity index (χ3n) is 4.42. The van der Waals surface area contributed by atoms with Crippen LogP contribution in [0.1, 0.15) is 42.3 Å². The maximum absolute atomic E-state index is 12.6. The van der Waals surface area contributed by atoms with Gasteiger partial charge in [0.15, 0.2) is 5.82 Å². The average Bonchev–Trinajstić information content (AvgIpc) is 3.30. The van der Waals surface area contributed by atoms with Crippen molar-refractivity contribution in [1.82, 2.24) is 35.0 Å². The van der Waals surface area contributed by atoms with Crippen LogP contribution in [-0.2, 0) is 17.9 Å². The molecule has 9 heteroatoms. The van der Waals surface area contributed by atoms with Gasteiger partial charge in [0.2, 0.25) is 5.91 Å². The lowest BCUT2D eigenvalue weighted by atomic mass is 10.3. The number of amides is 1. The summed E-state index contributed by atoms with van der Waals surface area (Å²) in [5.74, 6) is 0.724. The zero-order valence-electron chi connectivity index (χ0n) is 14.3. The van der Waals surface area contributed by atoms with Gasteiger partial charge in [0, 0.05) is 18.1 Å². The summed E-state index contributed by atoms with van der Waals surface area (Å²) in [6.45, 7) is 6.94. The van der Waals surface area contributed by atoms with Crippen LogP contribution in [0.4, 0.5) is 0 Å². The maximum atomic E-state index is 12.6. The van der Waals surface area contributed by atoms with Gasteiger partial charge >= 0.3 is 0 Å². The highest BCUT2D eigenvalue weighted by atomic mass is 32.1. The van der Waals surface area contributed by atoms with Crippen LogP contribution in [0.15, 0.2) is 5.38 Å². The Morgan fingerprint density at radius 2 is 2.17 bits per heavy atom. The summed E-state index contributed by atoms with van der Waals surface area (Å²) < 4.78 is 1.61. The Labute approximate surface area is 145 Å². The first-order chi connectivity index (χ1) is 11.5. The average molecular weight is 349 g/mol. The molecule has 1 atom stereocenters. The second kappa shape index (κ2) is 7.35. The molecule has 2 aromatic rings. The van der Waals surface area contributed by atoms with Gasteiger partial charge < -0.3 is 4.90 Å². The molecule has 0 aromatic carbocycles. The Kier molecular flexibility index (Phi) is 5.20. The first-order valence-electron chi connectivity index (χ1n) is 8.19. The Morgan fingerprint density at radius 3 is 2.83 bits per heavy atom. The van der Waals surface area contributed by atoms with Gasteiger partial charge in [-0.05, 0) is 50.2 Å². The molecule has 1 aliphatic heterocycles. The highest BCUT2D eigenvalue weighted by Gasteiger charge is 2.22. The molecule has 0 N–H and O–H groups in total. The molecule has 8 nitrogen and oxygen atoms in total. The summed E-state index contributed by atoms with van der Waals surface area (Å²) in [5.41, 5.74) is 0.982. The monoisotopic (exact) mass is 349 g/mol. The van der Waals surface area contributed by atoms with E-state index < -0.39 is 0 Å². The van der Waals surface area contributed by atoms with Crippen molar-refractivity contribution in [2.24, 2.45) is 0 Å². The van der Waals surface area contributed by atoms with Crippen molar-refractivity contribution in [2.75, 3.05) is 20.1 Å². The number of rotatable bonds is 6. The summed E-state index contributed by atoms with van der Waals surface area (Å²) in [5, 5.41) is 14.7. The fourth-order valence-corrected chi connectivity index (χ4v) is 3.68. The number of carbonyl (C=O) groups is 1. The molecule has 1 amide bonds. The molecule has 24 heavy (non-hydrogen) atoms. The van der Waals surface area contributed by atoms with Gasteiger partial charge in [-0.3, -0.25) is 9.69 Å². The third kappa shape index (κ3) is 3.78. The number of carbonyl (C=O) groups excluding carboxylic acids is 1. The minimum atomic E-state index is -0.0605. The third-order valence-corrected chi connectivity index (χ3v) is 5.56. The number of aryl methyl sites for hydroxylation is 1. The van der Waals surface area contributed by atoms with E-state index in [9.17, 15) is 4.79 Å². The predicted molar refractivity (Wildman–Crippen MR) is 90.4 cm³/mol. The first kappa shape index (κ1) is 17.0. The second-order valence-corrected chi connectivity index (χ2v) is 7.13. The Morgan fingerprint density at radius 1 is 1.42 bits per heavy atom. The molecule has 0 spiro atoms. The fraction of sp³-hybridized carbons (Fsp3) is 0.667. The first-order valence-corrected chi connectivity index (χ1v) is 9.07. The van der Waals surface area contributed by atoms with Crippen molar-refractivity contribution in [3.05, 3.63) is 21.9 Å². The number of thiazole rings is 1. The molecular weight excluding hydrogens is 326 g/mol. The molecule has 1 fully saturated rings. The van der Waals surface area contributed by atoms with E-state index in [1.165, 1.54) is 12.8 Å². The number of tetrazole rings is 1. The van der Waals surface area contributed by atoms with Crippen LogP contribution in [0, 0.1) is 6.92 Å². The zero-order chi connectivity index (χ0) is 17.1. The summed E-state index contributed by atoms with van der Waals surface area (Å²) in [6, 6.07) is -0.0605. The fourth-order valence-electron chi connectivity index (χ4n) is 2.79. The van der Waals surface area contributed by atoms with Gasteiger partial charge in [-0.25, -0.2) is 9.67 Å². The smallest absolute Gasteiger partial charge is 0.244 e. The van der Waals surface area contributed by atoms with E-state index in [0.717, 1.165) is 29.6 Å². The van der Waals surface area contributed by atoms with Crippen LogP contribution in [0.25, 0.3) is 0 Å². The van der Waals surface area contributed by atoms with Crippen LogP contribution in [-0.4, -0.2) is 61.0 Å². The normalized spacial score (nSPS) is 16.5. The van der Waals surface area contributed by atoms with E-state index in [1.807, 2.05) is 19.2 Å². The highest BCUT2D eigenvalue weighted by Crippen LogP contribution is 2.22. The maximum Gasteiger partial charge on any atom is 0.244 e. The van der Waals surface area contributed by atoms with Crippen molar-refractivity contribution < 1.29 is 4.79 Å². The largest absolute Gasteiger partial charge is 0.335 e. The minimum Gasteiger partial charge on any atom is -0.335 e. The number of likely N-dealkylation sites (N-methyl/N-ethyl adjacent to an activating group) is 1. The summed E-state index contributed by atoms with van der Waals surface area (Å²) in [6.07, 6.45) is 2.43. The molecule has 1 aliphatic rings. The molecule has 2 aromatic heterocycles. The van der Waals surface area contributed by atoms with Crippen LogP contribution in [0.3, 0.4) is 0 Å². The van der Waals surface area contributed by atoms with Gasteiger partial charge in [-0.15, -0.1) is 16.4 Å². The lowest BCUT2D eigenvalue weighted by molar-refractivity contribution is -0.132. The highest BCUT2D eigenvalue weighted by molar-refractivity contribution is 7.09. The van der Waals surface area contributed by atoms with Crippen molar-refractivity contribution in [2.45, 2.75) is 45.8 Å². The molecule has 3 heterocycles. The molecule has 0 aliphatic carbocycles. The minimum absolute atomic E-state index is 0.0228. The zero-order valence-corrected chi connectivity index (χ0v) is 15.2. The molecule has 0 bridgehead atoms. The SMILES string of the molecule is Cc1csc([C@H](C)N(C)C(=O)Cn2nnnc2CN2CCCC2)n1. The van der Waals surface area contributed by atoms with Crippen molar-refractivity contribution in [1.29, 1.82) is 0 Å². The number of hydrogen-bond donors (Lipinski definition) is 0. The van der Waals surface area contributed by atoms with Crippen molar-refractivity contribution >= 4 is 17.2 Å². The van der Waals surface area contributed by atoms with Crippen molar-refractivity contribution in [3.63, 3.8) is 0 Å². The topological polar surface area (TPSA) is 80.0 Å².